The molecule has 0 saturated heterocycles. The Kier molecular flexibility index (Phi) is 6.67. The molecule has 1 aromatic heterocycles. The van der Waals surface area contributed by atoms with E-state index in [1.807, 2.05) is 0 Å². The fourth-order valence-corrected chi connectivity index (χ4v) is 11.6. The quantitative estimate of drug-likeness (QED) is 0.147. The molecule has 0 aliphatic carbocycles. The number of aromatic nitrogens is 1. The van der Waals surface area contributed by atoms with Gasteiger partial charge < -0.3 is 4.57 Å². The van der Waals surface area contributed by atoms with E-state index in [0.29, 0.717) is 0 Å². The molecule has 0 saturated carbocycles. The Morgan fingerprint density at radius 2 is 0.930 bits per heavy atom. The predicted octanol–water partition coefficient (Wildman–Crippen LogP) is 7.77. The van der Waals surface area contributed by atoms with Gasteiger partial charge in [-0.05, 0) is 69.0 Å². The zero-order valence-electron chi connectivity index (χ0n) is 25.4. The van der Waals surface area contributed by atoms with Crippen molar-refractivity contribution in [2.45, 2.75) is 33.1 Å². The van der Waals surface area contributed by atoms with Crippen molar-refractivity contribution in [2.24, 2.45) is 0 Å². The first-order valence-corrected chi connectivity index (χ1v) is 17.2. The fraction of sp³-hybridized carbons (Fsp3) is 0.122. The van der Waals surface area contributed by atoms with Crippen LogP contribution < -0.4 is 20.7 Å². The lowest BCUT2D eigenvalue weighted by Gasteiger charge is -2.34. The molecule has 0 aliphatic heterocycles. The first kappa shape index (κ1) is 27.2. The average Bonchev–Trinajstić information content (AvgIpc) is 3.35. The molecule has 210 valence electrons. The number of rotatable bonds is 5. The van der Waals surface area contributed by atoms with Crippen LogP contribution >= 0.6 is 0 Å². The van der Waals surface area contributed by atoms with Crippen LogP contribution in [0.2, 0.25) is 0 Å². The molecular weight excluding hydrogens is 535 g/mol. The van der Waals surface area contributed by atoms with Crippen molar-refractivity contribution >= 4 is 50.6 Å². The maximum Gasteiger partial charge on any atom is 0.179 e. The third-order valence-corrected chi connectivity index (χ3v) is 13.7. The van der Waals surface area contributed by atoms with Gasteiger partial charge >= 0.3 is 0 Å². The van der Waals surface area contributed by atoms with E-state index in [-0.39, 0.29) is 5.41 Å². The third-order valence-electron chi connectivity index (χ3n) is 8.97. The second kappa shape index (κ2) is 10.6. The largest absolute Gasteiger partial charge is 0.309 e. The molecule has 43 heavy (non-hydrogen) atoms. The lowest BCUT2D eigenvalue weighted by atomic mass is 9.87. The van der Waals surface area contributed by atoms with Gasteiger partial charge in [0, 0.05) is 16.5 Å². The smallest absolute Gasteiger partial charge is 0.179 e. The molecule has 0 bridgehead atoms. The molecule has 0 N–H and O–H groups in total. The Morgan fingerprint density at radius 1 is 0.465 bits per heavy atom. The Hall–Kier alpha value is -4.66. The highest BCUT2D eigenvalue weighted by atomic mass is 28.3. The van der Waals surface area contributed by atoms with Crippen LogP contribution in [0.5, 0.6) is 0 Å². The minimum atomic E-state index is -2.63. The molecule has 7 rings (SSSR count). The van der Waals surface area contributed by atoms with E-state index >= 15 is 0 Å². The minimum Gasteiger partial charge on any atom is -0.309 e. The maximum absolute atomic E-state index is 2.63. The van der Waals surface area contributed by atoms with E-state index in [1.165, 1.54) is 59.4 Å². The molecule has 0 unspecified atom stereocenters. The Labute approximate surface area is 256 Å². The van der Waals surface area contributed by atoms with Crippen LogP contribution in [-0.4, -0.2) is 12.6 Å². The molecule has 0 atom stereocenters. The highest BCUT2D eigenvalue weighted by molar-refractivity contribution is 7.20. The highest BCUT2D eigenvalue weighted by Gasteiger charge is 2.41. The lowest BCUT2D eigenvalue weighted by Crippen LogP contribution is -2.74. The van der Waals surface area contributed by atoms with Crippen molar-refractivity contribution in [2.75, 3.05) is 0 Å². The predicted molar refractivity (Wildman–Crippen MR) is 188 cm³/mol. The zero-order chi connectivity index (χ0) is 29.6. The van der Waals surface area contributed by atoms with Gasteiger partial charge in [-0.25, -0.2) is 0 Å². The normalized spacial score (nSPS) is 12.2. The Bertz CT molecular complexity index is 1930. The van der Waals surface area contributed by atoms with E-state index in [1.54, 1.807) is 0 Å². The summed E-state index contributed by atoms with van der Waals surface area (Å²) in [6.07, 6.45) is 0. The van der Waals surface area contributed by atoms with Crippen molar-refractivity contribution in [1.82, 2.24) is 4.57 Å². The van der Waals surface area contributed by atoms with Crippen LogP contribution in [0, 0.1) is 6.92 Å². The minimum absolute atomic E-state index is 0.117. The first-order valence-electron chi connectivity index (χ1n) is 15.2. The Balaban J connectivity index is 1.56. The molecule has 0 amide bonds. The van der Waals surface area contributed by atoms with E-state index in [2.05, 4.69) is 184 Å². The number of hydrogen-bond acceptors (Lipinski definition) is 0. The van der Waals surface area contributed by atoms with E-state index < -0.39 is 8.07 Å². The summed E-state index contributed by atoms with van der Waals surface area (Å²) >= 11 is 0. The lowest BCUT2D eigenvalue weighted by molar-refractivity contribution is 0.590. The van der Waals surface area contributed by atoms with Crippen molar-refractivity contribution < 1.29 is 0 Å². The van der Waals surface area contributed by atoms with Crippen molar-refractivity contribution in [1.29, 1.82) is 0 Å². The molecule has 7 aromatic rings. The van der Waals surface area contributed by atoms with E-state index in [9.17, 15) is 0 Å². The summed E-state index contributed by atoms with van der Waals surface area (Å²) in [5, 5.41) is 8.18. The second-order valence-electron chi connectivity index (χ2n) is 12.7. The number of hydrogen-bond donors (Lipinski definition) is 0. The van der Waals surface area contributed by atoms with Crippen LogP contribution in [0.15, 0.2) is 152 Å². The summed E-state index contributed by atoms with van der Waals surface area (Å²) in [6.45, 7) is 9.01. The number of benzene rings is 6. The molecule has 6 aromatic carbocycles. The first-order chi connectivity index (χ1) is 20.9. The summed E-state index contributed by atoms with van der Waals surface area (Å²) in [6, 6.07) is 56.9. The molecule has 0 radical (unpaired) electrons. The van der Waals surface area contributed by atoms with Gasteiger partial charge in [0.1, 0.15) is 0 Å². The van der Waals surface area contributed by atoms with Gasteiger partial charge in [-0.1, -0.05) is 148 Å². The average molecular weight is 572 g/mol. The number of nitrogens with zero attached hydrogens (tertiary/aromatic N) is 1. The third kappa shape index (κ3) is 4.54. The SMILES string of the molecule is Cc1ccc2c(c1)c1cc([Si](c3ccccc3)(c3ccccc3)c3ccccc3)ccc1n2-c1ccc(C(C)(C)C)cc1. The van der Waals surface area contributed by atoms with Gasteiger partial charge in [-0.2, -0.15) is 0 Å². The van der Waals surface area contributed by atoms with Crippen LogP contribution in [0.1, 0.15) is 31.9 Å². The Morgan fingerprint density at radius 3 is 1.42 bits per heavy atom. The summed E-state index contributed by atoms with van der Waals surface area (Å²) in [4.78, 5) is 0. The van der Waals surface area contributed by atoms with Crippen molar-refractivity contribution in [3.8, 4) is 5.69 Å². The maximum atomic E-state index is 2.51. The van der Waals surface area contributed by atoms with Gasteiger partial charge in [0.2, 0.25) is 0 Å². The van der Waals surface area contributed by atoms with E-state index in [4.69, 9.17) is 0 Å². The number of aryl methyl sites for hydroxylation is 1. The van der Waals surface area contributed by atoms with Gasteiger partial charge in [0.05, 0.1) is 11.0 Å². The monoisotopic (exact) mass is 571 g/mol. The van der Waals surface area contributed by atoms with Crippen molar-refractivity contribution in [3.05, 3.63) is 163 Å². The molecular formula is C41H37NSi. The summed E-state index contributed by atoms with van der Waals surface area (Å²) in [5.41, 5.74) is 6.42. The van der Waals surface area contributed by atoms with Gasteiger partial charge in [0.15, 0.2) is 8.07 Å². The summed E-state index contributed by atoms with van der Waals surface area (Å²) in [5.74, 6) is 0. The fourth-order valence-electron chi connectivity index (χ4n) is 6.82. The number of fused-ring (bicyclic) bond motifs is 3. The zero-order valence-corrected chi connectivity index (χ0v) is 26.4. The van der Waals surface area contributed by atoms with Crippen LogP contribution in [0.4, 0.5) is 0 Å². The summed E-state index contributed by atoms with van der Waals surface area (Å²) in [7, 11) is -2.63. The summed E-state index contributed by atoms with van der Waals surface area (Å²) < 4.78 is 2.44. The topological polar surface area (TPSA) is 4.93 Å². The standard InChI is InChI=1S/C41H37NSi/c1-30-20-26-39-37(28-30)38-29-36(25-27-40(38)42(39)32-23-21-31(22-24-32)41(2,3)4)43(33-14-8-5-9-15-33,34-16-10-6-11-17-34)35-18-12-7-13-19-35/h5-29H,1-4H3. The van der Waals surface area contributed by atoms with E-state index in [0.717, 1.165) is 0 Å². The molecule has 1 nitrogen and oxygen atoms in total. The van der Waals surface area contributed by atoms with Crippen molar-refractivity contribution in [3.63, 3.8) is 0 Å². The molecule has 0 fully saturated rings. The van der Waals surface area contributed by atoms with Crippen LogP contribution in [0.3, 0.4) is 0 Å². The van der Waals surface area contributed by atoms with Crippen LogP contribution in [0.25, 0.3) is 27.5 Å². The second-order valence-corrected chi connectivity index (χ2v) is 16.5. The molecule has 0 aliphatic rings. The van der Waals surface area contributed by atoms with Gasteiger partial charge in [-0.15, -0.1) is 0 Å². The molecule has 0 spiro atoms. The van der Waals surface area contributed by atoms with Gasteiger partial charge in [-0.3, -0.25) is 0 Å². The highest BCUT2D eigenvalue weighted by Crippen LogP contribution is 2.33. The molecule has 2 heteroatoms. The molecule has 1 heterocycles. The van der Waals surface area contributed by atoms with Crippen LogP contribution in [-0.2, 0) is 5.41 Å². The van der Waals surface area contributed by atoms with Gasteiger partial charge in [0.25, 0.3) is 0 Å².